The van der Waals surface area contributed by atoms with Crippen molar-refractivity contribution >= 4 is 23.4 Å². The Morgan fingerprint density at radius 1 is 0.738 bits per heavy atom. The first-order valence-electron chi connectivity index (χ1n) is 16.2. The maximum absolute atomic E-state index is 12.9. The van der Waals surface area contributed by atoms with Gasteiger partial charge in [-0.2, -0.15) is 0 Å². The maximum atomic E-state index is 12.9. The first kappa shape index (κ1) is 30.2. The van der Waals surface area contributed by atoms with Crippen LogP contribution in [0, 0.1) is 11.8 Å². The highest BCUT2D eigenvalue weighted by atomic mass is 16.7. The summed E-state index contributed by atoms with van der Waals surface area (Å²) in [6.45, 7) is 6.40. The molecule has 3 aliphatic rings. The van der Waals surface area contributed by atoms with Crippen molar-refractivity contribution in [3.8, 4) is 11.1 Å². The summed E-state index contributed by atoms with van der Waals surface area (Å²) in [6, 6.07) is 15.3. The predicted octanol–water partition coefficient (Wildman–Crippen LogP) is 8.88. The Morgan fingerprint density at radius 2 is 1.31 bits per heavy atom. The summed E-state index contributed by atoms with van der Waals surface area (Å²) in [5.41, 5.74) is 7.59. The summed E-state index contributed by atoms with van der Waals surface area (Å²) in [5, 5.41) is 8.66. The van der Waals surface area contributed by atoms with Crippen molar-refractivity contribution < 1.29 is 19.3 Å². The molecule has 0 aromatic heterocycles. The van der Waals surface area contributed by atoms with E-state index in [0.29, 0.717) is 18.6 Å². The van der Waals surface area contributed by atoms with E-state index in [-0.39, 0.29) is 29.2 Å². The summed E-state index contributed by atoms with van der Waals surface area (Å²) in [6.07, 6.45) is 13.2. The third kappa shape index (κ3) is 6.38. The molecule has 0 spiro atoms. The van der Waals surface area contributed by atoms with Crippen LogP contribution in [0.5, 0.6) is 0 Å². The number of nitrogens with zero attached hydrogens (tertiary/aromatic N) is 2. The Bertz CT molecular complexity index is 1330. The molecule has 224 valence electrons. The zero-order valence-corrected chi connectivity index (χ0v) is 25.6. The molecule has 6 nitrogen and oxygen atoms in total. The quantitative estimate of drug-likeness (QED) is 0.162. The van der Waals surface area contributed by atoms with E-state index in [1.54, 1.807) is 0 Å². The van der Waals surface area contributed by atoms with Gasteiger partial charge in [-0.25, -0.2) is 9.59 Å². The van der Waals surface area contributed by atoms with Gasteiger partial charge < -0.3 is 9.68 Å². The van der Waals surface area contributed by atoms with Crippen LogP contribution < -0.4 is 0 Å². The second kappa shape index (κ2) is 13.8. The number of fused-ring (bicyclic) bond motifs is 3. The highest BCUT2D eigenvalue weighted by Crippen LogP contribution is 2.52. The number of rotatable bonds is 10. The topological polar surface area (TPSA) is 77.3 Å². The van der Waals surface area contributed by atoms with Gasteiger partial charge in [-0.15, -0.1) is 0 Å². The fourth-order valence-corrected chi connectivity index (χ4v) is 7.28. The smallest absolute Gasteiger partial charge is 0.318 e. The van der Waals surface area contributed by atoms with Crippen molar-refractivity contribution in [3.63, 3.8) is 0 Å². The third-order valence-electron chi connectivity index (χ3n) is 9.95. The van der Waals surface area contributed by atoms with Crippen LogP contribution in [0.2, 0.25) is 0 Å². The zero-order chi connectivity index (χ0) is 29.5. The van der Waals surface area contributed by atoms with Crippen LogP contribution in [0.3, 0.4) is 0 Å². The third-order valence-corrected chi connectivity index (χ3v) is 9.95. The van der Waals surface area contributed by atoms with Gasteiger partial charge in [0.25, 0.3) is 0 Å². The summed E-state index contributed by atoms with van der Waals surface area (Å²) >= 11 is 0. The van der Waals surface area contributed by atoms with Gasteiger partial charge >= 0.3 is 11.9 Å². The highest BCUT2D eigenvalue weighted by molar-refractivity contribution is 6.03. The Hall–Kier alpha value is -3.28. The molecule has 0 N–H and O–H groups in total. The number of hydrogen-bond acceptors (Lipinski definition) is 6. The van der Waals surface area contributed by atoms with Crippen molar-refractivity contribution in [2.24, 2.45) is 22.1 Å². The molecule has 3 aliphatic carbocycles. The normalized spacial score (nSPS) is 19.2. The van der Waals surface area contributed by atoms with E-state index in [1.165, 1.54) is 35.1 Å². The molecule has 2 aromatic rings. The molecular formula is C36H46N2O4. The van der Waals surface area contributed by atoms with E-state index in [2.05, 4.69) is 66.6 Å². The lowest BCUT2D eigenvalue weighted by molar-refractivity contribution is -0.150. The Kier molecular flexibility index (Phi) is 9.91. The summed E-state index contributed by atoms with van der Waals surface area (Å²) in [7, 11) is 0. The summed E-state index contributed by atoms with van der Waals surface area (Å²) in [4.78, 5) is 36.4. The van der Waals surface area contributed by atoms with Crippen molar-refractivity contribution in [2.45, 2.75) is 116 Å². The van der Waals surface area contributed by atoms with E-state index >= 15 is 0 Å². The summed E-state index contributed by atoms with van der Waals surface area (Å²) in [5.74, 6) is -0.574. The van der Waals surface area contributed by atoms with Gasteiger partial charge in [0.05, 0.1) is 23.3 Å². The van der Waals surface area contributed by atoms with Gasteiger partial charge in [0.2, 0.25) is 0 Å². The molecule has 0 saturated heterocycles. The molecule has 5 rings (SSSR count). The molecule has 0 atom stereocenters. The molecule has 2 aromatic carbocycles. The van der Waals surface area contributed by atoms with Crippen LogP contribution >= 0.6 is 0 Å². The van der Waals surface area contributed by atoms with Crippen LogP contribution in [-0.4, -0.2) is 23.4 Å². The molecule has 0 aliphatic heterocycles. The largest absolute Gasteiger partial charge is 0.338 e. The SMILES string of the molecule is CCC1(CC)c2ccccc2-c2ccc(/C(CC/C(C)=N/OC(=O)C3CCCCC3)=N/OC(=O)C3CCCCC3)cc21. The molecular weight excluding hydrogens is 524 g/mol. The molecule has 6 heteroatoms. The van der Waals surface area contributed by atoms with Crippen LogP contribution in [-0.2, 0) is 24.7 Å². The molecule has 0 bridgehead atoms. The maximum Gasteiger partial charge on any atom is 0.338 e. The Balaban J connectivity index is 1.38. The highest BCUT2D eigenvalue weighted by Gasteiger charge is 2.40. The minimum atomic E-state index is -0.232. The molecule has 2 saturated carbocycles. The van der Waals surface area contributed by atoms with Crippen LogP contribution in [0.15, 0.2) is 52.8 Å². The monoisotopic (exact) mass is 570 g/mol. The Labute approximate surface area is 250 Å². The van der Waals surface area contributed by atoms with Crippen molar-refractivity contribution in [2.75, 3.05) is 0 Å². The fourth-order valence-electron chi connectivity index (χ4n) is 7.28. The van der Waals surface area contributed by atoms with E-state index in [9.17, 15) is 9.59 Å². The standard InChI is InChI=1S/C36H46N2O4/c1-4-36(5-2)31-19-13-12-18-29(31)30-22-21-28(24-32(30)36)33(38-42-35(40)27-16-10-7-11-17-27)23-20-25(3)37-41-34(39)26-14-8-6-9-15-26/h12-13,18-19,21-22,24,26-27H,4-11,14-17,20,23H2,1-3H3/b37-25+,38-33+. The molecule has 0 radical (unpaired) electrons. The van der Waals surface area contributed by atoms with Crippen molar-refractivity contribution in [1.82, 2.24) is 0 Å². The van der Waals surface area contributed by atoms with Crippen LogP contribution in [0.4, 0.5) is 0 Å². The van der Waals surface area contributed by atoms with Crippen LogP contribution in [0.1, 0.15) is 127 Å². The number of hydrogen-bond donors (Lipinski definition) is 0. The molecule has 42 heavy (non-hydrogen) atoms. The lowest BCUT2D eigenvalue weighted by Gasteiger charge is -2.30. The van der Waals surface area contributed by atoms with E-state index in [1.807, 2.05) is 6.92 Å². The summed E-state index contributed by atoms with van der Waals surface area (Å²) < 4.78 is 0. The minimum absolute atomic E-state index is 0.0421. The number of oxime groups is 2. The molecule has 2 fully saturated rings. The van der Waals surface area contributed by atoms with E-state index < -0.39 is 0 Å². The number of carbonyl (C=O) groups excluding carboxylic acids is 2. The first-order valence-corrected chi connectivity index (χ1v) is 16.2. The van der Waals surface area contributed by atoms with Crippen LogP contribution in [0.25, 0.3) is 11.1 Å². The van der Waals surface area contributed by atoms with Gasteiger partial charge in [0.15, 0.2) is 0 Å². The average Bonchev–Trinajstić information content (AvgIpc) is 3.33. The lowest BCUT2D eigenvalue weighted by Crippen LogP contribution is -2.23. The second-order valence-corrected chi connectivity index (χ2v) is 12.5. The first-order chi connectivity index (χ1) is 20.5. The van der Waals surface area contributed by atoms with Gasteiger partial charge in [-0.3, -0.25) is 0 Å². The minimum Gasteiger partial charge on any atom is -0.318 e. The van der Waals surface area contributed by atoms with Gasteiger partial charge in [0, 0.05) is 5.41 Å². The van der Waals surface area contributed by atoms with E-state index in [4.69, 9.17) is 9.68 Å². The Morgan fingerprint density at radius 3 is 1.93 bits per heavy atom. The molecule has 0 amide bonds. The van der Waals surface area contributed by atoms with E-state index in [0.717, 1.165) is 75.5 Å². The lowest BCUT2D eigenvalue weighted by atomic mass is 9.73. The fraction of sp³-hybridized carbons (Fsp3) is 0.556. The van der Waals surface area contributed by atoms with Crippen molar-refractivity contribution in [3.05, 3.63) is 59.2 Å². The van der Waals surface area contributed by atoms with Gasteiger partial charge in [-0.1, -0.05) is 99.1 Å². The van der Waals surface area contributed by atoms with Gasteiger partial charge in [-0.05, 0) is 92.2 Å². The average molecular weight is 571 g/mol. The zero-order valence-electron chi connectivity index (χ0n) is 25.6. The second-order valence-electron chi connectivity index (χ2n) is 12.5. The van der Waals surface area contributed by atoms with Crippen molar-refractivity contribution in [1.29, 1.82) is 0 Å². The molecule has 0 heterocycles. The number of carbonyl (C=O) groups is 2. The predicted molar refractivity (Wildman–Crippen MR) is 167 cm³/mol. The number of benzene rings is 2. The van der Waals surface area contributed by atoms with Gasteiger partial charge in [0.1, 0.15) is 0 Å². The molecule has 0 unspecified atom stereocenters.